The van der Waals surface area contributed by atoms with Crippen molar-refractivity contribution < 1.29 is 19.3 Å². The molecule has 0 atom stereocenters. The van der Waals surface area contributed by atoms with Crippen LogP contribution in [0.5, 0.6) is 0 Å². The largest absolute Gasteiger partial charge is 0.370 e. The molecule has 0 saturated carbocycles. The third-order valence-corrected chi connectivity index (χ3v) is 0.777. The Hall–Kier alpha value is -0.650. The van der Waals surface area contributed by atoms with E-state index in [0.717, 1.165) is 0 Å². The van der Waals surface area contributed by atoms with Crippen LogP contribution < -0.4 is 5.73 Å². The van der Waals surface area contributed by atoms with Gasteiger partial charge in [0.2, 0.25) is 0 Å². The van der Waals surface area contributed by atoms with Gasteiger partial charge in [-0.05, 0) is 6.92 Å². The molecule has 0 saturated heterocycles. The van der Waals surface area contributed by atoms with Gasteiger partial charge in [0.15, 0.2) is 0 Å². The van der Waals surface area contributed by atoms with Crippen LogP contribution in [-0.4, -0.2) is 32.3 Å². The number of carbonyl (C=O) groups is 1. The van der Waals surface area contributed by atoms with E-state index in [9.17, 15) is 4.79 Å². The van der Waals surface area contributed by atoms with Crippen molar-refractivity contribution in [3.63, 3.8) is 0 Å². The standard InChI is InChI=1S/C6H13NO4/c1-2-9-5-6(8)11-10-4-3-7/h2-5,7H2,1H3. The maximum Gasteiger partial charge on any atom is 0.367 e. The molecule has 0 rings (SSSR count). The monoisotopic (exact) mass is 163 g/mol. The van der Waals surface area contributed by atoms with Crippen molar-refractivity contribution in [3.8, 4) is 0 Å². The van der Waals surface area contributed by atoms with Gasteiger partial charge in [-0.1, -0.05) is 0 Å². The fraction of sp³-hybridized carbons (Fsp3) is 0.833. The number of nitrogens with two attached hydrogens (primary N) is 1. The molecule has 0 aliphatic carbocycles. The highest BCUT2D eigenvalue weighted by molar-refractivity contribution is 5.69. The van der Waals surface area contributed by atoms with Gasteiger partial charge in [-0.2, -0.15) is 4.89 Å². The summed E-state index contributed by atoms with van der Waals surface area (Å²) in [6.45, 7) is 2.71. The third kappa shape index (κ3) is 7.24. The zero-order valence-electron chi connectivity index (χ0n) is 6.54. The molecule has 0 fully saturated rings. The van der Waals surface area contributed by atoms with Gasteiger partial charge in [-0.25, -0.2) is 4.79 Å². The average molecular weight is 163 g/mol. The number of carbonyl (C=O) groups excluding carboxylic acids is 1. The second-order valence-corrected chi connectivity index (χ2v) is 1.70. The summed E-state index contributed by atoms with van der Waals surface area (Å²) in [6, 6.07) is 0. The first kappa shape index (κ1) is 10.3. The lowest BCUT2D eigenvalue weighted by Crippen LogP contribution is -2.16. The first-order valence-electron chi connectivity index (χ1n) is 3.41. The molecule has 0 aliphatic rings. The molecule has 0 aromatic carbocycles. The summed E-state index contributed by atoms with van der Waals surface area (Å²) in [6.07, 6.45) is 0. The lowest BCUT2D eigenvalue weighted by Gasteiger charge is -2.01. The molecule has 2 N–H and O–H groups in total. The normalized spacial score (nSPS) is 9.64. The minimum atomic E-state index is -0.541. The molecule has 0 radical (unpaired) electrons. The summed E-state index contributed by atoms with van der Waals surface area (Å²) in [5, 5.41) is 0. The number of hydrogen-bond acceptors (Lipinski definition) is 5. The topological polar surface area (TPSA) is 70.8 Å². The molecule has 0 heterocycles. The van der Waals surface area contributed by atoms with Crippen LogP contribution in [0.3, 0.4) is 0 Å². The molecule has 0 unspecified atom stereocenters. The molecular weight excluding hydrogens is 150 g/mol. The van der Waals surface area contributed by atoms with Crippen molar-refractivity contribution in [2.75, 3.05) is 26.4 Å². The Morgan fingerprint density at radius 3 is 2.82 bits per heavy atom. The molecule has 5 nitrogen and oxygen atoms in total. The highest BCUT2D eigenvalue weighted by atomic mass is 17.2. The second-order valence-electron chi connectivity index (χ2n) is 1.70. The summed E-state index contributed by atoms with van der Waals surface area (Å²) in [7, 11) is 0. The summed E-state index contributed by atoms with van der Waals surface area (Å²) < 4.78 is 4.74. The van der Waals surface area contributed by atoms with Crippen LogP contribution in [-0.2, 0) is 19.3 Å². The van der Waals surface area contributed by atoms with Gasteiger partial charge in [0, 0.05) is 13.2 Å². The Morgan fingerprint density at radius 1 is 1.55 bits per heavy atom. The van der Waals surface area contributed by atoms with Gasteiger partial charge in [0.25, 0.3) is 0 Å². The highest BCUT2D eigenvalue weighted by Crippen LogP contribution is 1.82. The van der Waals surface area contributed by atoms with Crippen molar-refractivity contribution in [3.05, 3.63) is 0 Å². The van der Waals surface area contributed by atoms with E-state index in [2.05, 4.69) is 9.78 Å². The summed E-state index contributed by atoms with van der Waals surface area (Å²) in [4.78, 5) is 19.2. The fourth-order valence-corrected chi connectivity index (χ4v) is 0.365. The number of rotatable bonds is 6. The van der Waals surface area contributed by atoms with Crippen LogP contribution in [0.2, 0.25) is 0 Å². The zero-order chi connectivity index (χ0) is 8.53. The van der Waals surface area contributed by atoms with Crippen molar-refractivity contribution in [1.29, 1.82) is 0 Å². The maximum atomic E-state index is 10.6. The minimum Gasteiger partial charge on any atom is -0.370 e. The Labute approximate surface area is 65.3 Å². The summed E-state index contributed by atoms with van der Waals surface area (Å²) in [5.41, 5.74) is 5.07. The van der Waals surface area contributed by atoms with Crippen LogP contribution in [0.15, 0.2) is 0 Å². The lowest BCUT2D eigenvalue weighted by atomic mass is 10.7. The van der Waals surface area contributed by atoms with Gasteiger partial charge < -0.3 is 10.5 Å². The second kappa shape index (κ2) is 7.46. The van der Waals surface area contributed by atoms with Gasteiger partial charge in [-0.3, -0.25) is 4.89 Å². The van der Waals surface area contributed by atoms with Crippen molar-refractivity contribution in [2.45, 2.75) is 6.92 Å². The Morgan fingerprint density at radius 2 is 2.27 bits per heavy atom. The van der Waals surface area contributed by atoms with Crippen LogP contribution in [0.25, 0.3) is 0 Å². The first-order chi connectivity index (χ1) is 5.31. The third-order valence-electron chi connectivity index (χ3n) is 0.777. The maximum absolute atomic E-state index is 10.6. The highest BCUT2D eigenvalue weighted by Gasteiger charge is 2.01. The van der Waals surface area contributed by atoms with Crippen LogP contribution in [0, 0.1) is 0 Å². The zero-order valence-corrected chi connectivity index (χ0v) is 6.54. The van der Waals surface area contributed by atoms with Crippen LogP contribution >= 0.6 is 0 Å². The van der Waals surface area contributed by atoms with E-state index in [1.807, 2.05) is 0 Å². The quantitative estimate of drug-likeness (QED) is 0.323. The van der Waals surface area contributed by atoms with E-state index in [-0.39, 0.29) is 13.2 Å². The van der Waals surface area contributed by atoms with Crippen molar-refractivity contribution >= 4 is 5.97 Å². The molecule has 66 valence electrons. The van der Waals surface area contributed by atoms with Gasteiger partial charge in [0.1, 0.15) is 13.2 Å². The fourth-order valence-electron chi connectivity index (χ4n) is 0.365. The predicted molar refractivity (Wildman–Crippen MR) is 37.6 cm³/mol. The number of hydrogen-bond donors (Lipinski definition) is 1. The van der Waals surface area contributed by atoms with E-state index in [1.165, 1.54) is 0 Å². The summed E-state index contributed by atoms with van der Waals surface area (Å²) >= 11 is 0. The van der Waals surface area contributed by atoms with Crippen molar-refractivity contribution in [2.24, 2.45) is 5.73 Å². The van der Waals surface area contributed by atoms with Crippen LogP contribution in [0.1, 0.15) is 6.92 Å². The van der Waals surface area contributed by atoms with E-state index < -0.39 is 5.97 Å². The molecule has 0 aromatic rings. The van der Waals surface area contributed by atoms with Crippen LogP contribution in [0.4, 0.5) is 0 Å². The van der Waals surface area contributed by atoms with Gasteiger partial charge in [0.05, 0.1) is 0 Å². The molecule has 11 heavy (non-hydrogen) atoms. The lowest BCUT2D eigenvalue weighted by molar-refractivity contribution is -0.273. The molecule has 0 amide bonds. The molecule has 5 heteroatoms. The first-order valence-corrected chi connectivity index (χ1v) is 3.41. The summed E-state index contributed by atoms with van der Waals surface area (Å²) in [5.74, 6) is -0.541. The molecule has 0 aliphatic heterocycles. The Balaban J connectivity index is 3.09. The predicted octanol–water partition coefficient (Wildman–Crippen LogP) is -0.544. The molecule has 0 bridgehead atoms. The van der Waals surface area contributed by atoms with E-state index >= 15 is 0 Å². The average Bonchev–Trinajstić information content (AvgIpc) is 2.01. The number of ether oxygens (including phenoxy) is 1. The van der Waals surface area contributed by atoms with E-state index in [0.29, 0.717) is 13.2 Å². The van der Waals surface area contributed by atoms with E-state index in [4.69, 9.17) is 10.5 Å². The van der Waals surface area contributed by atoms with E-state index in [1.54, 1.807) is 6.92 Å². The minimum absolute atomic E-state index is 0.0823. The van der Waals surface area contributed by atoms with Gasteiger partial charge in [-0.15, -0.1) is 0 Å². The van der Waals surface area contributed by atoms with Gasteiger partial charge >= 0.3 is 5.97 Å². The molecule has 0 spiro atoms. The Bertz CT molecular complexity index is 107. The van der Waals surface area contributed by atoms with Crippen molar-refractivity contribution in [1.82, 2.24) is 0 Å². The SMILES string of the molecule is CCOCC(=O)OOCCN. The Kier molecular flexibility index (Phi) is 7.02. The molecular formula is C6H13NO4. The molecule has 0 aromatic heterocycles. The smallest absolute Gasteiger partial charge is 0.367 e.